The van der Waals surface area contributed by atoms with Crippen molar-refractivity contribution < 1.29 is 19.1 Å². The van der Waals surface area contributed by atoms with Crippen LogP contribution in [0, 0.1) is 12.3 Å². The van der Waals surface area contributed by atoms with Crippen molar-refractivity contribution in [2.24, 2.45) is 5.41 Å². The number of anilines is 1. The SMILES string of the molecule is COc1ccc(CNC(=O)C2(C(=O)Nc3cc(C)ccc3OC)CC2)cc1. The maximum Gasteiger partial charge on any atom is 0.240 e. The minimum absolute atomic E-state index is 0.248. The normalized spacial score (nSPS) is 14.2. The topological polar surface area (TPSA) is 76.7 Å². The van der Waals surface area contributed by atoms with Crippen LogP contribution in [0.1, 0.15) is 24.0 Å². The lowest BCUT2D eigenvalue weighted by Crippen LogP contribution is -2.39. The highest BCUT2D eigenvalue weighted by Gasteiger charge is 2.56. The number of ether oxygens (including phenoxy) is 2. The lowest BCUT2D eigenvalue weighted by atomic mass is 10.0. The Labute approximate surface area is 158 Å². The molecule has 0 unspecified atom stereocenters. The number of nitrogens with one attached hydrogen (secondary N) is 2. The van der Waals surface area contributed by atoms with Crippen LogP contribution in [0.2, 0.25) is 0 Å². The van der Waals surface area contributed by atoms with Crippen molar-refractivity contribution in [1.82, 2.24) is 5.32 Å². The predicted molar refractivity (Wildman–Crippen MR) is 103 cm³/mol. The van der Waals surface area contributed by atoms with E-state index in [1.165, 1.54) is 0 Å². The van der Waals surface area contributed by atoms with Crippen molar-refractivity contribution in [1.29, 1.82) is 0 Å². The molecule has 0 radical (unpaired) electrons. The van der Waals surface area contributed by atoms with Crippen LogP contribution in [-0.2, 0) is 16.1 Å². The van der Waals surface area contributed by atoms with Gasteiger partial charge in [0.25, 0.3) is 0 Å². The number of rotatable bonds is 7. The molecule has 3 rings (SSSR count). The fourth-order valence-electron chi connectivity index (χ4n) is 2.94. The Morgan fingerprint density at radius 2 is 1.70 bits per heavy atom. The number of benzene rings is 2. The number of methoxy groups -OCH3 is 2. The zero-order valence-electron chi connectivity index (χ0n) is 15.8. The van der Waals surface area contributed by atoms with Crippen LogP contribution < -0.4 is 20.1 Å². The average molecular weight is 368 g/mol. The number of carbonyl (C=O) groups excluding carboxylic acids is 2. The predicted octanol–water partition coefficient (Wildman–Crippen LogP) is 3.05. The van der Waals surface area contributed by atoms with Gasteiger partial charge in [-0.25, -0.2) is 0 Å². The number of hydrogen-bond acceptors (Lipinski definition) is 4. The van der Waals surface area contributed by atoms with Gasteiger partial charge in [-0.15, -0.1) is 0 Å². The molecule has 1 aliphatic rings. The van der Waals surface area contributed by atoms with Crippen LogP contribution in [0.4, 0.5) is 5.69 Å². The molecule has 142 valence electrons. The fourth-order valence-corrected chi connectivity index (χ4v) is 2.94. The van der Waals surface area contributed by atoms with Gasteiger partial charge in [-0.05, 0) is 55.2 Å². The average Bonchev–Trinajstić information content (AvgIpc) is 3.49. The van der Waals surface area contributed by atoms with Gasteiger partial charge in [0.05, 0.1) is 19.9 Å². The summed E-state index contributed by atoms with van der Waals surface area (Å²) < 4.78 is 10.4. The molecule has 6 heteroatoms. The number of aryl methyl sites for hydroxylation is 1. The summed E-state index contributed by atoms with van der Waals surface area (Å²) in [6.07, 6.45) is 1.09. The Kier molecular flexibility index (Phi) is 5.35. The van der Waals surface area contributed by atoms with E-state index in [1.54, 1.807) is 20.3 Å². The van der Waals surface area contributed by atoms with Crippen LogP contribution in [0.3, 0.4) is 0 Å². The van der Waals surface area contributed by atoms with E-state index in [-0.39, 0.29) is 11.8 Å². The van der Waals surface area contributed by atoms with Crippen molar-refractivity contribution in [3.8, 4) is 11.5 Å². The summed E-state index contributed by atoms with van der Waals surface area (Å²) in [6.45, 7) is 2.30. The highest BCUT2D eigenvalue weighted by molar-refractivity contribution is 6.13. The summed E-state index contributed by atoms with van der Waals surface area (Å²) in [5, 5.41) is 5.73. The van der Waals surface area contributed by atoms with E-state index in [2.05, 4.69) is 10.6 Å². The smallest absolute Gasteiger partial charge is 0.240 e. The molecule has 2 N–H and O–H groups in total. The number of amides is 2. The Morgan fingerprint density at radius 3 is 2.30 bits per heavy atom. The molecular weight excluding hydrogens is 344 g/mol. The largest absolute Gasteiger partial charge is 0.497 e. The first-order chi connectivity index (χ1) is 13.0. The van der Waals surface area contributed by atoms with Crippen LogP contribution in [0.5, 0.6) is 11.5 Å². The Bertz CT molecular complexity index is 842. The molecule has 1 fully saturated rings. The van der Waals surface area contributed by atoms with Crippen molar-refractivity contribution in [2.75, 3.05) is 19.5 Å². The van der Waals surface area contributed by atoms with Crippen molar-refractivity contribution in [3.63, 3.8) is 0 Å². The minimum atomic E-state index is -0.999. The van der Waals surface area contributed by atoms with E-state index >= 15 is 0 Å². The Balaban J connectivity index is 1.64. The molecule has 0 heterocycles. The zero-order valence-corrected chi connectivity index (χ0v) is 15.8. The van der Waals surface area contributed by atoms with E-state index < -0.39 is 5.41 Å². The molecule has 1 saturated carbocycles. The van der Waals surface area contributed by atoms with Crippen LogP contribution >= 0.6 is 0 Å². The van der Waals surface area contributed by atoms with Crippen LogP contribution in [-0.4, -0.2) is 26.0 Å². The molecular formula is C21H24N2O4. The van der Waals surface area contributed by atoms with Crippen LogP contribution in [0.15, 0.2) is 42.5 Å². The molecule has 0 saturated heterocycles. The zero-order chi connectivity index (χ0) is 19.4. The second-order valence-corrected chi connectivity index (χ2v) is 6.77. The first-order valence-electron chi connectivity index (χ1n) is 8.86. The van der Waals surface area contributed by atoms with E-state index in [1.807, 2.05) is 43.3 Å². The summed E-state index contributed by atoms with van der Waals surface area (Å²) >= 11 is 0. The number of hydrogen-bond donors (Lipinski definition) is 2. The van der Waals surface area contributed by atoms with E-state index in [0.29, 0.717) is 30.8 Å². The Morgan fingerprint density at radius 1 is 1.00 bits per heavy atom. The summed E-state index contributed by atoms with van der Waals surface area (Å²) in [4.78, 5) is 25.4. The quantitative estimate of drug-likeness (QED) is 0.737. The van der Waals surface area contributed by atoms with Gasteiger partial charge in [-0.3, -0.25) is 9.59 Å². The van der Waals surface area contributed by atoms with Gasteiger partial charge in [0, 0.05) is 6.54 Å². The maximum atomic E-state index is 12.8. The van der Waals surface area contributed by atoms with E-state index in [9.17, 15) is 9.59 Å². The minimum Gasteiger partial charge on any atom is -0.497 e. The second-order valence-electron chi connectivity index (χ2n) is 6.77. The summed E-state index contributed by atoms with van der Waals surface area (Å²) in [5.41, 5.74) is 1.53. The third-order valence-corrected chi connectivity index (χ3v) is 4.83. The third-order valence-electron chi connectivity index (χ3n) is 4.83. The first-order valence-corrected chi connectivity index (χ1v) is 8.86. The lowest BCUT2D eigenvalue weighted by molar-refractivity contribution is -0.134. The molecule has 2 aromatic carbocycles. The van der Waals surface area contributed by atoms with Gasteiger partial charge in [0.2, 0.25) is 11.8 Å². The molecule has 2 amide bonds. The standard InChI is InChI=1S/C21H24N2O4/c1-14-4-9-18(27-3)17(12-14)23-20(25)21(10-11-21)19(24)22-13-15-5-7-16(26-2)8-6-15/h4-9,12H,10-11,13H2,1-3H3,(H,22,24)(H,23,25). The second kappa shape index (κ2) is 7.70. The fraction of sp³-hybridized carbons (Fsp3) is 0.333. The third kappa shape index (κ3) is 4.05. The van der Waals surface area contributed by atoms with Gasteiger partial charge < -0.3 is 20.1 Å². The first kappa shape index (κ1) is 18.8. The van der Waals surface area contributed by atoms with E-state index in [0.717, 1.165) is 16.9 Å². The molecule has 6 nitrogen and oxygen atoms in total. The highest BCUT2D eigenvalue weighted by atomic mass is 16.5. The van der Waals surface area contributed by atoms with Gasteiger partial charge in [0.1, 0.15) is 16.9 Å². The lowest BCUT2D eigenvalue weighted by Gasteiger charge is -2.17. The van der Waals surface area contributed by atoms with Gasteiger partial charge in [0.15, 0.2) is 0 Å². The maximum absolute atomic E-state index is 12.8. The van der Waals surface area contributed by atoms with Gasteiger partial charge >= 0.3 is 0 Å². The van der Waals surface area contributed by atoms with Crippen molar-refractivity contribution in [2.45, 2.75) is 26.3 Å². The Hall–Kier alpha value is -3.02. The number of carbonyl (C=O) groups is 2. The molecule has 0 spiro atoms. The molecule has 1 aliphatic carbocycles. The van der Waals surface area contributed by atoms with Gasteiger partial charge in [-0.2, -0.15) is 0 Å². The van der Waals surface area contributed by atoms with Crippen LogP contribution in [0.25, 0.3) is 0 Å². The molecule has 0 atom stereocenters. The summed E-state index contributed by atoms with van der Waals surface area (Å²) in [7, 11) is 3.16. The van der Waals surface area contributed by atoms with Crippen molar-refractivity contribution in [3.05, 3.63) is 53.6 Å². The van der Waals surface area contributed by atoms with Gasteiger partial charge in [-0.1, -0.05) is 18.2 Å². The molecule has 27 heavy (non-hydrogen) atoms. The summed E-state index contributed by atoms with van der Waals surface area (Å²) in [6, 6.07) is 13.0. The molecule has 2 aromatic rings. The van der Waals surface area contributed by atoms with E-state index in [4.69, 9.17) is 9.47 Å². The molecule has 0 aromatic heterocycles. The highest BCUT2D eigenvalue weighted by Crippen LogP contribution is 2.47. The monoisotopic (exact) mass is 368 g/mol. The summed E-state index contributed by atoms with van der Waals surface area (Å²) in [5.74, 6) is 0.791. The molecule has 0 aliphatic heterocycles. The van der Waals surface area contributed by atoms with Crippen molar-refractivity contribution >= 4 is 17.5 Å². The molecule has 0 bridgehead atoms.